The fourth-order valence-corrected chi connectivity index (χ4v) is 4.82. The van der Waals surface area contributed by atoms with Gasteiger partial charge in [0.1, 0.15) is 5.82 Å². The molecule has 1 N–H and O–H groups in total. The van der Waals surface area contributed by atoms with Gasteiger partial charge in [-0.25, -0.2) is 4.39 Å². The second kappa shape index (κ2) is 11.9. The molecule has 8 heteroatoms. The molecule has 194 valence electrons. The van der Waals surface area contributed by atoms with Crippen molar-refractivity contribution >= 4 is 11.8 Å². The number of carbonyl (C=O) groups is 2. The van der Waals surface area contributed by atoms with Gasteiger partial charge in [-0.2, -0.15) is 0 Å². The number of ether oxygens (including phenoxy) is 3. The Morgan fingerprint density at radius 2 is 1.70 bits per heavy atom. The van der Waals surface area contributed by atoms with Crippen LogP contribution in [0.25, 0.3) is 0 Å². The standard InChI is InChI=1S/C29H31FN2O5/c1-35-17-16-32-27(20-9-11-21(30)12-10-20)26(22-6-4-5-7-23(22)29(32)34)28(33)31-15-14-19-8-13-24(36-2)25(18-19)37-3/h4-13,18,26-27H,14-17H2,1-3H3,(H,31,33)/t26-,27+/m1/s1. The van der Waals surface area contributed by atoms with Gasteiger partial charge in [-0.1, -0.05) is 36.4 Å². The lowest BCUT2D eigenvalue weighted by Crippen LogP contribution is -2.48. The molecule has 1 aliphatic rings. The van der Waals surface area contributed by atoms with Gasteiger partial charge in [0.15, 0.2) is 11.5 Å². The summed E-state index contributed by atoms with van der Waals surface area (Å²) in [6, 6.07) is 18.1. The summed E-state index contributed by atoms with van der Waals surface area (Å²) in [5, 5.41) is 3.06. The van der Waals surface area contributed by atoms with Crippen molar-refractivity contribution in [1.29, 1.82) is 0 Å². The molecule has 2 atom stereocenters. The van der Waals surface area contributed by atoms with E-state index in [0.29, 0.717) is 54.3 Å². The Labute approximate surface area is 216 Å². The summed E-state index contributed by atoms with van der Waals surface area (Å²) in [6.45, 7) is 0.982. The maximum atomic E-state index is 13.8. The first-order valence-electron chi connectivity index (χ1n) is 12.1. The van der Waals surface area contributed by atoms with Crippen molar-refractivity contribution in [2.75, 3.05) is 41.0 Å². The number of hydrogen-bond acceptors (Lipinski definition) is 5. The zero-order valence-corrected chi connectivity index (χ0v) is 21.2. The summed E-state index contributed by atoms with van der Waals surface area (Å²) in [5.41, 5.74) is 2.80. The highest BCUT2D eigenvalue weighted by molar-refractivity contribution is 6.01. The molecule has 2 amide bonds. The molecule has 0 spiro atoms. The Hall–Kier alpha value is -3.91. The van der Waals surface area contributed by atoms with Crippen LogP contribution in [0.3, 0.4) is 0 Å². The van der Waals surface area contributed by atoms with Gasteiger partial charge >= 0.3 is 0 Å². The average molecular weight is 507 g/mol. The van der Waals surface area contributed by atoms with Crippen molar-refractivity contribution in [3.63, 3.8) is 0 Å². The summed E-state index contributed by atoms with van der Waals surface area (Å²) >= 11 is 0. The molecule has 7 nitrogen and oxygen atoms in total. The third kappa shape index (κ3) is 5.59. The predicted octanol–water partition coefficient (Wildman–Crippen LogP) is 4.13. The van der Waals surface area contributed by atoms with Crippen LogP contribution in [0.4, 0.5) is 4.39 Å². The monoisotopic (exact) mass is 506 g/mol. The Kier molecular flexibility index (Phi) is 8.40. The molecule has 3 aromatic rings. The molecule has 3 aromatic carbocycles. The minimum Gasteiger partial charge on any atom is -0.493 e. The van der Waals surface area contributed by atoms with Gasteiger partial charge in [0.25, 0.3) is 5.91 Å². The van der Waals surface area contributed by atoms with Gasteiger partial charge in [0.05, 0.1) is 32.8 Å². The van der Waals surface area contributed by atoms with Crippen molar-refractivity contribution < 1.29 is 28.2 Å². The van der Waals surface area contributed by atoms with Crippen LogP contribution < -0.4 is 14.8 Å². The van der Waals surface area contributed by atoms with Crippen LogP contribution in [-0.4, -0.2) is 57.7 Å². The Balaban J connectivity index is 1.63. The van der Waals surface area contributed by atoms with Gasteiger partial charge in [-0.3, -0.25) is 9.59 Å². The van der Waals surface area contributed by atoms with Crippen molar-refractivity contribution in [1.82, 2.24) is 10.2 Å². The summed E-state index contributed by atoms with van der Waals surface area (Å²) < 4.78 is 29.7. The number of amides is 2. The number of methoxy groups -OCH3 is 3. The van der Waals surface area contributed by atoms with Crippen molar-refractivity contribution in [2.45, 2.75) is 18.4 Å². The molecule has 0 aromatic heterocycles. The molecule has 0 aliphatic carbocycles. The lowest BCUT2D eigenvalue weighted by atomic mass is 9.79. The van der Waals surface area contributed by atoms with E-state index >= 15 is 0 Å². The van der Waals surface area contributed by atoms with E-state index in [1.807, 2.05) is 30.3 Å². The lowest BCUT2D eigenvalue weighted by molar-refractivity contribution is -0.124. The van der Waals surface area contributed by atoms with Gasteiger partial charge in [-0.15, -0.1) is 0 Å². The normalized spacial score (nSPS) is 16.8. The highest BCUT2D eigenvalue weighted by Crippen LogP contribution is 2.42. The fourth-order valence-electron chi connectivity index (χ4n) is 4.82. The quantitative estimate of drug-likeness (QED) is 0.448. The average Bonchev–Trinajstić information content (AvgIpc) is 2.92. The molecular weight excluding hydrogens is 475 g/mol. The number of halogens is 1. The number of fused-ring (bicyclic) bond motifs is 1. The number of hydrogen-bond donors (Lipinski definition) is 1. The molecule has 1 aliphatic heterocycles. The van der Waals surface area contributed by atoms with Gasteiger partial charge in [0, 0.05) is 25.8 Å². The summed E-state index contributed by atoms with van der Waals surface area (Å²) in [5.74, 6) is -0.200. The minimum absolute atomic E-state index is 0.184. The summed E-state index contributed by atoms with van der Waals surface area (Å²) in [6.07, 6.45) is 0.577. The van der Waals surface area contributed by atoms with E-state index in [-0.39, 0.29) is 17.6 Å². The maximum Gasteiger partial charge on any atom is 0.254 e. The van der Waals surface area contributed by atoms with Crippen LogP contribution in [0.15, 0.2) is 66.7 Å². The predicted molar refractivity (Wildman–Crippen MR) is 137 cm³/mol. The van der Waals surface area contributed by atoms with E-state index in [1.54, 1.807) is 50.5 Å². The Morgan fingerprint density at radius 1 is 0.973 bits per heavy atom. The van der Waals surface area contributed by atoms with Crippen LogP contribution in [-0.2, 0) is 16.0 Å². The molecule has 1 heterocycles. The molecule has 4 rings (SSSR count). The number of benzene rings is 3. The van der Waals surface area contributed by atoms with E-state index in [1.165, 1.54) is 12.1 Å². The van der Waals surface area contributed by atoms with Crippen molar-refractivity contribution in [2.24, 2.45) is 0 Å². The Bertz CT molecular complexity index is 1250. The molecule has 37 heavy (non-hydrogen) atoms. The SMILES string of the molecule is COCCN1C(=O)c2ccccc2[C@@H](C(=O)NCCc2ccc(OC)c(OC)c2)[C@@H]1c1ccc(F)cc1. The molecule has 0 fully saturated rings. The van der Waals surface area contributed by atoms with E-state index in [9.17, 15) is 14.0 Å². The smallest absolute Gasteiger partial charge is 0.254 e. The van der Waals surface area contributed by atoms with E-state index in [0.717, 1.165) is 5.56 Å². The number of carbonyl (C=O) groups excluding carboxylic acids is 2. The second-order valence-electron chi connectivity index (χ2n) is 8.78. The fraction of sp³-hybridized carbons (Fsp3) is 0.310. The lowest BCUT2D eigenvalue weighted by Gasteiger charge is -2.41. The van der Waals surface area contributed by atoms with Crippen LogP contribution in [0.5, 0.6) is 11.5 Å². The van der Waals surface area contributed by atoms with Crippen molar-refractivity contribution in [3.8, 4) is 11.5 Å². The third-order valence-electron chi connectivity index (χ3n) is 6.63. The molecular formula is C29H31FN2O5. The number of nitrogens with zero attached hydrogens (tertiary/aromatic N) is 1. The highest BCUT2D eigenvalue weighted by Gasteiger charge is 2.43. The highest BCUT2D eigenvalue weighted by atomic mass is 19.1. The summed E-state index contributed by atoms with van der Waals surface area (Å²) in [7, 11) is 4.72. The second-order valence-corrected chi connectivity index (χ2v) is 8.78. The molecule has 0 saturated heterocycles. The zero-order chi connectivity index (χ0) is 26.4. The van der Waals surface area contributed by atoms with E-state index < -0.39 is 12.0 Å². The van der Waals surface area contributed by atoms with Crippen LogP contribution in [0, 0.1) is 5.82 Å². The first kappa shape index (κ1) is 26.2. The van der Waals surface area contributed by atoms with Crippen LogP contribution in [0.2, 0.25) is 0 Å². The first-order chi connectivity index (χ1) is 18.0. The molecule has 0 radical (unpaired) electrons. The topological polar surface area (TPSA) is 77.1 Å². The number of rotatable bonds is 10. The van der Waals surface area contributed by atoms with Crippen LogP contribution in [0.1, 0.15) is 39.0 Å². The van der Waals surface area contributed by atoms with E-state index in [2.05, 4.69) is 5.32 Å². The first-order valence-corrected chi connectivity index (χ1v) is 12.1. The van der Waals surface area contributed by atoms with Crippen LogP contribution >= 0.6 is 0 Å². The largest absolute Gasteiger partial charge is 0.493 e. The Morgan fingerprint density at radius 3 is 2.41 bits per heavy atom. The molecule has 0 bridgehead atoms. The molecule has 0 unspecified atom stereocenters. The van der Waals surface area contributed by atoms with Gasteiger partial charge in [0.2, 0.25) is 5.91 Å². The van der Waals surface area contributed by atoms with Gasteiger partial charge in [-0.05, 0) is 53.4 Å². The maximum absolute atomic E-state index is 13.8. The third-order valence-corrected chi connectivity index (χ3v) is 6.63. The zero-order valence-electron chi connectivity index (χ0n) is 21.2. The summed E-state index contributed by atoms with van der Waals surface area (Å²) in [4.78, 5) is 28.9. The van der Waals surface area contributed by atoms with Crippen molar-refractivity contribution in [3.05, 3.63) is 94.8 Å². The minimum atomic E-state index is -0.679. The molecule has 0 saturated carbocycles. The number of nitrogens with one attached hydrogen (secondary N) is 1. The van der Waals surface area contributed by atoms with Gasteiger partial charge < -0.3 is 24.4 Å². The van der Waals surface area contributed by atoms with E-state index in [4.69, 9.17) is 14.2 Å².